The van der Waals surface area contributed by atoms with Crippen molar-refractivity contribution < 1.29 is 36.2 Å². The Labute approximate surface area is 263 Å². The molecule has 10 nitrogen and oxygen atoms in total. The van der Waals surface area contributed by atoms with E-state index in [1.54, 1.807) is 14.0 Å². The molecule has 46 heavy (non-hydrogen) atoms. The molecule has 1 aliphatic rings. The van der Waals surface area contributed by atoms with Crippen molar-refractivity contribution in [2.24, 2.45) is 7.05 Å². The molecule has 5 heterocycles. The molecule has 0 saturated heterocycles. The standard InChI is InChI=1S/C29H27ClF6N8O2/c1-16(27(45,22-12-37-15-42(22)3)18-7-8-38-21(11-18)28(31,32)33)5-6-20-17(2)24(30)19(25(39-20)46-4)13-43-9-10-44-23(14-43)40-26(41-44)29(34,35)36/h5-8,11-12,15,45H,1,9-10,13-14H2,2-4H3/b6-5-. The summed E-state index contributed by atoms with van der Waals surface area (Å²) in [5, 5.41) is 15.8. The number of halogens is 7. The van der Waals surface area contributed by atoms with Crippen LogP contribution in [0.15, 0.2) is 49.1 Å². The second kappa shape index (κ2) is 12.1. The van der Waals surface area contributed by atoms with E-state index in [-0.39, 0.29) is 53.2 Å². The number of hydrogen-bond donors (Lipinski definition) is 1. The van der Waals surface area contributed by atoms with Crippen LogP contribution >= 0.6 is 11.6 Å². The molecule has 0 saturated carbocycles. The largest absolute Gasteiger partial charge is 0.481 e. The number of methoxy groups -OCH3 is 1. The number of aryl methyl sites for hydroxylation is 1. The average molecular weight is 669 g/mol. The minimum absolute atomic E-state index is 0.00792. The molecule has 0 fully saturated rings. The number of alkyl halides is 6. The van der Waals surface area contributed by atoms with Gasteiger partial charge < -0.3 is 14.4 Å². The van der Waals surface area contributed by atoms with Crippen LogP contribution in [0.2, 0.25) is 5.02 Å². The quantitative estimate of drug-likeness (QED) is 0.198. The van der Waals surface area contributed by atoms with Crippen LogP contribution in [0.4, 0.5) is 26.3 Å². The summed E-state index contributed by atoms with van der Waals surface area (Å²) in [6, 6.07) is 2.00. The highest BCUT2D eigenvalue weighted by molar-refractivity contribution is 6.32. The highest BCUT2D eigenvalue weighted by Crippen LogP contribution is 2.39. The summed E-state index contributed by atoms with van der Waals surface area (Å²) in [4.78, 5) is 17.4. The Bertz CT molecular complexity index is 1820. The first kappa shape index (κ1) is 33.1. The summed E-state index contributed by atoms with van der Waals surface area (Å²) in [6.45, 7) is 6.49. The first-order valence-corrected chi connectivity index (χ1v) is 14.0. The van der Waals surface area contributed by atoms with Crippen LogP contribution in [0.1, 0.15) is 45.4 Å². The predicted molar refractivity (Wildman–Crippen MR) is 153 cm³/mol. The van der Waals surface area contributed by atoms with E-state index in [1.165, 1.54) is 47.1 Å². The molecule has 244 valence electrons. The summed E-state index contributed by atoms with van der Waals surface area (Å²) in [7, 11) is 2.96. The summed E-state index contributed by atoms with van der Waals surface area (Å²) in [5.41, 5.74) is -2.02. The molecule has 1 atom stereocenters. The zero-order valence-electron chi connectivity index (χ0n) is 24.7. The first-order valence-electron chi connectivity index (χ1n) is 13.6. The number of nitrogens with zero attached hydrogens (tertiary/aromatic N) is 8. The van der Waals surface area contributed by atoms with Crippen LogP contribution in [0.25, 0.3) is 6.08 Å². The lowest BCUT2D eigenvalue weighted by Crippen LogP contribution is -2.34. The van der Waals surface area contributed by atoms with Crippen LogP contribution in [0.5, 0.6) is 5.88 Å². The van der Waals surface area contributed by atoms with Gasteiger partial charge in [0.15, 0.2) is 5.60 Å². The fourth-order valence-electron chi connectivity index (χ4n) is 5.14. The number of rotatable bonds is 8. The van der Waals surface area contributed by atoms with Gasteiger partial charge in [-0.3, -0.25) is 9.88 Å². The van der Waals surface area contributed by atoms with E-state index in [2.05, 4.69) is 31.6 Å². The van der Waals surface area contributed by atoms with Crippen molar-refractivity contribution in [1.82, 2.24) is 39.2 Å². The Morgan fingerprint density at radius 1 is 1.15 bits per heavy atom. The van der Waals surface area contributed by atoms with Crippen molar-refractivity contribution in [3.05, 3.63) is 99.5 Å². The molecule has 4 aromatic rings. The lowest BCUT2D eigenvalue weighted by Gasteiger charge is -2.30. The van der Waals surface area contributed by atoms with E-state index >= 15 is 0 Å². The number of fused-ring (bicyclic) bond motifs is 1. The van der Waals surface area contributed by atoms with Crippen molar-refractivity contribution in [2.45, 2.75) is 44.5 Å². The van der Waals surface area contributed by atoms with Crippen molar-refractivity contribution in [2.75, 3.05) is 13.7 Å². The molecule has 1 unspecified atom stereocenters. The molecular formula is C29H27ClF6N8O2. The second-order valence-electron chi connectivity index (χ2n) is 10.6. The number of aliphatic hydroxyl groups is 1. The Morgan fingerprint density at radius 3 is 2.52 bits per heavy atom. The van der Waals surface area contributed by atoms with Gasteiger partial charge in [0.25, 0.3) is 5.82 Å². The normalized spacial score (nSPS) is 15.6. The summed E-state index contributed by atoms with van der Waals surface area (Å²) < 4.78 is 88.0. The van der Waals surface area contributed by atoms with Gasteiger partial charge >= 0.3 is 12.4 Å². The topological polar surface area (TPSA) is 107 Å². The number of hydrogen-bond acceptors (Lipinski definition) is 8. The third-order valence-corrected chi connectivity index (χ3v) is 8.10. The fraction of sp³-hybridized carbons (Fsp3) is 0.345. The fourth-order valence-corrected chi connectivity index (χ4v) is 5.38. The van der Waals surface area contributed by atoms with Crippen molar-refractivity contribution in [1.29, 1.82) is 0 Å². The molecule has 17 heteroatoms. The van der Waals surface area contributed by atoms with Gasteiger partial charge in [-0.1, -0.05) is 24.3 Å². The Balaban J connectivity index is 1.45. The van der Waals surface area contributed by atoms with Gasteiger partial charge in [0.1, 0.15) is 11.5 Å². The summed E-state index contributed by atoms with van der Waals surface area (Å²) >= 11 is 6.77. The smallest absolute Gasteiger partial charge is 0.453 e. The number of pyridine rings is 2. The predicted octanol–water partition coefficient (Wildman–Crippen LogP) is 5.33. The van der Waals surface area contributed by atoms with E-state index in [1.807, 2.05) is 4.90 Å². The minimum atomic E-state index is -4.76. The maximum atomic E-state index is 13.5. The van der Waals surface area contributed by atoms with Gasteiger partial charge in [-0.25, -0.2) is 19.6 Å². The summed E-state index contributed by atoms with van der Waals surface area (Å²) in [6.07, 6.45) is -2.86. The van der Waals surface area contributed by atoms with Crippen LogP contribution in [-0.2, 0) is 44.6 Å². The molecule has 0 bridgehead atoms. The van der Waals surface area contributed by atoms with Gasteiger partial charge in [0.05, 0.1) is 49.1 Å². The lowest BCUT2D eigenvalue weighted by molar-refractivity contribution is -0.145. The van der Waals surface area contributed by atoms with E-state index in [0.717, 1.165) is 12.3 Å². The minimum Gasteiger partial charge on any atom is -0.481 e. The first-order chi connectivity index (χ1) is 21.5. The number of aromatic nitrogens is 7. The zero-order chi connectivity index (χ0) is 33.6. The molecule has 1 aliphatic heterocycles. The zero-order valence-corrected chi connectivity index (χ0v) is 25.4. The maximum Gasteiger partial charge on any atom is 0.453 e. The van der Waals surface area contributed by atoms with Gasteiger partial charge in [-0.2, -0.15) is 26.3 Å². The van der Waals surface area contributed by atoms with Gasteiger partial charge in [0.2, 0.25) is 5.88 Å². The Morgan fingerprint density at radius 2 is 1.89 bits per heavy atom. The van der Waals surface area contributed by atoms with Gasteiger partial charge in [-0.05, 0) is 41.8 Å². The SMILES string of the molecule is C=C(/C=C\c1nc(OC)c(CN2CCn3nc(C(F)(F)F)nc3C2)c(Cl)c1C)C(O)(c1ccnc(C(F)(F)F)c1)c1cncn1C. The third kappa shape index (κ3) is 6.24. The Hall–Kier alpha value is -4.28. The monoisotopic (exact) mass is 668 g/mol. The van der Waals surface area contributed by atoms with Gasteiger partial charge in [-0.15, -0.1) is 5.10 Å². The third-order valence-electron chi connectivity index (χ3n) is 7.59. The van der Waals surface area contributed by atoms with Crippen LogP contribution < -0.4 is 4.74 Å². The van der Waals surface area contributed by atoms with Crippen LogP contribution in [0, 0.1) is 6.92 Å². The molecule has 0 amide bonds. The molecule has 0 spiro atoms. The number of imidazole rings is 1. The van der Waals surface area contributed by atoms with Crippen molar-refractivity contribution in [3.8, 4) is 5.88 Å². The molecular weight excluding hydrogens is 642 g/mol. The molecule has 5 rings (SSSR count). The van der Waals surface area contributed by atoms with Crippen LogP contribution in [0.3, 0.4) is 0 Å². The van der Waals surface area contributed by atoms with Gasteiger partial charge in [0, 0.05) is 31.9 Å². The second-order valence-corrected chi connectivity index (χ2v) is 11.0. The molecule has 0 radical (unpaired) electrons. The van der Waals surface area contributed by atoms with E-state index in [0.29, 0.717) is 23.4 Å². The summed E-state index contributed by atoms with van der Waals surface area (Å²) in [5.74, 6) is -0.890. The molecule has 0 aromatic carbocycles. The molecule has 0 aliphatic carbocycles. The average Bonchev–Trinajstić information content (AvgIpc) is 3.64. The Kier molecular flexibility index (Phi) is 8.74. The van der Waals surface area contributed by atoms with E-state index in [4.69, 9.17) is 16.3 Å². The van der Waals surface area contributed by atoms with E-state index < -0.39 is 29.5 Å². The molecule has 4 aromatic heterocycles. The van der Waals surface area contributed by atoms with Crippen molar-refractivity contribution >= 4 is 17.7 Å². The maximum absolute atomic E-state index is 13.5. The highest BCUT2D eigenvalue weighted by atomic mass is 35.5. The lowest BCUT2D eigenvalue weighted by atomic mass is 9.83. The van der Waals surface area contributed by atoms with Crippen molar-refractivity contribution in [3.63, 3.8) is 0 Å². The van der Waals surface area contributed by atoms with Crippen LogP contribution in [-0.4, -0.2) is 57.9 Å². The molecule has 1 N–H and O–H groups in total. The number of ether oxygens (including phenoxy) is 1. The highest BCUT2D eigenvalue weighted by Gasteiger charge is 2.40. The van der Waals surface area contributed by atoms with E-state index in [9.17, 15) is 31.4 Å².